The first kappa shape index (κ1) is 12.6. The topological polar surface area (TPSA) is 29.9 Å². The number of imidazole rings is 1. The highest BCUT2D eigenvalue weighted by Gasteiger charge is 2.31. The number of hydrogen-bond acceptors (Lipinski definition) is 2. The van der Waals surface area contributed by atoms with Crippen molar-refractivity contribution in [3.8, 4) is 0 Å². The van der Waals surface area contributed by atoms with Crippen LogP contribution in [0.3, 0.4) is 0 Å². The van der Waals surface area contributed by atoms with Crippen molar-refractivity contribution >= 4 is 0 Å². The third-order valence-corrected chi connectivity index (χ3v) is 3.96. The van der Waals surface area contributed by atoms with Crippen LogP contribution in [0, 0.1) is 11.8 Å². The van der Waals surface area contributed by atoms with Gasteiger partial charge in [0.2, 0.25) is 0 Å². The molecule has 1 aliphatic rings. The van der Waals surface area contributed by atoms with Gasteiger partial charge in [0.15, 0.2) is 0 Å². The van der Waals surface area contributed by atoms with E-state index in [0.29, 0.717) is 6.04 Å². The van der Waals surface area contributed by atoms with Gasteiger partial charge in [-0.1, -0.05) is 20.3 Å². The standard InChI is InChI=1S/C14H25N3/c1-4-7-15-13(12-6-5-11(2)10-12)14-16-8-9-17(14)3/h8-9,11-13,15H,4-7,10H2,1-3H3. The largest absolute Gasteiger partial charge is 0.337 e. The number of aryl methyl sites for hydroxylation is 1. The Bertz CT molecular complexity index is 345. The predicted octanol–water partition coefficient (Wildman–Crippen LogP) is 2.90. The Kier molecular flexibility index (Phi) is 4.21. The number of hydrogen-bond donors (Lipinski definition) is 1. The summed E-state index contributed by atoms with van der Waals surface area (Å²) in [5.74, 6) is 2.85. The van der Waals surface area contributed by atoms with Crippen LogP contribution < -0.4 is 5.32 Å². The molecule has 1 aromatic heterocycles. The van der Waals surface area contributed by atoms with Crippen molar-refractivity contribution in [3.63, 3.8) is 0 Å². The zero-order valence-electron chi connectivity index (χ0n) is 11.3. The van der Waals surface area contributed by atoms with Gasteiger partial charge in [-0.25, -0.2) is 4.98 Å². The molecule has 1 fully saturated rings. The van der Waals surface area contributed by atoms with E-state index in [1.807, 2.05) is 12.4 Å². The van der Waals surface area contributed by atoms with E-state index < -0.39 is 0 Å². The fourth-order valence-corrected chi connectivity index (χ4v) is 3.00. The van der Waals surface area contributed by atoms with Gasteiger partial charge in [-0.2, -0.15) is 0 Å². The predicted molar refractivity (Wildman–Crippen MR) is 70.7 cm³/mol. The fourth-order valence-electron chi connectivity index (χ4n) is 3.00. The van der Waals surface area contributed by atoms with Crippen LogP contribution in [0.25, 0.3) is 0 Å². The zero-order valence-corrected chi connectivity index (χ0v) is 11.3. The lowest BCUT2D eigenvalue weighted by Gasteiger charge is -2.24. The molecule has 1 aliphatic carbocycles. The lowest BCUT2D eigenvalue weighted by atomic mass is 9.96. The highest BCUT2D eigenvalue weighted by molar-refractivity contribution is 5.02. The molecule has 1 N–H and O–H groups in total. The molecule has 2 rings (SSSR count). The molecule has 1 aromatic rings. The van der Waals surface area contributed by atoms with Gasteiger partial charge in [0.05, 0.1) is 6.04 Å². The number of nitrogens with one attached hydrogen (secondary N) is 1. The van der Waals surface area contributed by atoms with E-state index in [9.17, 15) is 0 Å². The first-order valence-corrected chi connectivity index (χ1v) is 6.93. The molecule has 96 valence electrons. The van der Waals surface area contributed by atoms with Gasteiger partial charge < -0.3 is 9.88 Å². The molecule has 0 amide bonds. The highest BCUT2D eigenvalue weighted by Crippen LogP contribution is 2.38. The molecular formula is C14H25N3. The summed E-state index contributed by atoms with van der Waals surface area (Å²) in [7, 11) is 2.10. The van der Waals surface area contributed by atoms with Crippen LogP contribution in [0.5, 0.6) is 0 Å². The summed E-state index contributed by atoms with van der Waals surface area (Å²) in [4.78, 5) is 4.54. The van der Waals surface area contributed by atoms with Crippen molar-refractivity contribution in [2.24, 2.45) is 18.9 Å². The van der Waals surface area contributed by atoms with Gasteiger partial charge in [-0.15, -0.1) is 0 Å². The molecule has 0 radical (unpaired) electrons. The molecule has 3 heteroatoms. The van der Waals surface area contributed by atoms with Crippen LogP contribution in [-0.4, -0.2) is 16.1 Å². The molecule has 3 nitrogen and oxygen atoms in total. The maximum atomic E-state index is 4.54. The minimum absolute atomic E-state index is 0.444. The summed E-state index contributed by atoms with van der Waals surface area (Å²) in [6.07, 6.45) is 9.20. The molecule has 0 spiro atoms. The fraction of sp³-hybridized carbons (Fsp3) is 0.786. The lowest BCUT2D eigenvalue weighted by molar-refractivity contribution is 0.339. The second-order valence-electron chi connectivity index (χ2n) is 5.51. The third-order valence-electron chi connectivity index (χ3n) is 3.96. The van der Waals surface area contributed by atoms with E-state index in [1.54, 1.807) is 0 Å². The average molecular weight is 235 g/mol. The minimum Gasteiger partial charge on any atom is -0.337 e. The summed E-state index contributed by atoms with van der Waals surface area (Å²) < 4.78 is 2.16. The van der Waals surface area contributed by atoms with Crippen LogP contribution in [0.1, 0.15) is 51.4 Å². The van der Waals surface area contributed by atoms with Gasteiger partial charge in [0, 0.05) is 19.4 Å². The van der Waals surface area contributed by atoms with E-state index in [0.717, 1.165) is 18.4 Å². The Morgan fingerprint density at radius 1 is 1.53 bits per heavy atom. The quantitative estimate of drug-likeness (QED) is 0.850. The van der Waals surface area contributed by atoms with Crippen molar-refractivity contribution in [1.29, 1.82) is 0 Å². The van der Waals surface area contributed by atoms with E-state index in [-0.39, 0.29) is 0 Å². The van der Waals surface area contributed by atoms with Crippen molar-refractivity contribution in [2.75, 3.05) is 6.54 Å². The molecule has 0 aromatic carbocycles. The highest BCUT2D eigenvalue weighted by atomic mass is 15.1. The average Bonchev–Trinajstić information content (AvgIpc) is 2.90. The number of aromatic nitrogens is 2. The van der Waals surface area contributed by atoms with Crippen LogP contribution in [0.4, 0.5) is 0 Å². The molecule has 3 unspecified atom stereocenters. The lowest BCUT2D eigenvalue weighted by Crippen LogP contribution is -2.30. The maximum Gasteiger partial charge on any atom is 0.125 e. The van der Waals surface area contributed by atoms with E-state index in [4.69, 9.17) is 0 Å². The molecular weight excluding hydrogens is 210 g/mol. The van der Waals surface area contributed by atoms with E-state index in [1.165, 1.54) is 31.5 Å². The smallest absolute Gasteiger partial charge is 0.125 e. The first-order chi connectivity index (χ1) is 8.22. The van der Waals surface area contributed by atoms with Gasteiger partial charge in [-0.3, -0.25) is 0 Å². The summed E-state index contributed by atoms with van der Waals surface area (Å²) in [5.41, 5.74) is 0. The molecule has 17 heavy (non-hydrogen) atoms. The number of nitrogens with zero attached hydrogens (tertiary/aromatic N) is 2. The normalized spacial score (nSPS) is 26.3. The second kappa shape index (κ2) is 5.67. The van der Waals surface area contributed by atoms with Gasteiger partial charge in [0.1, 0.15) is 5.82 Å². The van der Waals surface area contributed by atoms with E-state index >= 15 is 0 Å². The third kappa shape index (κ3) is 2.89. The van der Waals surface area contributed by atoms with Crippen molar-refractivity contribution in [2.45, 2.75) is 45.6 Å². The van der Waals surface area contributed by atoms with Crippen molar-refractivity contribution in [1.82, 2.24) is 14.9 Å². The van der Waals surface area contributed by atoms with Gasteiger partial charge in [0.25, 0.3) is 0 Å². The second-order valence-corrected chi connectivity index (χ2v) is 5.51. The summed E-state index contributed by atoms with van der Waals surface area (Å²) in [6.45, 7) is 5.68. The van der Waals surface area contributed by atoms with Crippen molar-refractivity contribution in [3.05, 3.63) is 18.2 Å². The summed E-state index contributed by atoms with van der Waals surface area (Å²) >= 11 is 0. The Morgan fingerprint density at radius 3 is 2.88 bits per heavy atom. The Hall–Kier alpha value is -0.830. The van der Waals surface area contributed by atoms with Crippen LogP contribution in [0.15, 0.2) is 12.4 Å². The molecule has 0 aliphatic heterocycles. The van der Waals surface area contributed by atoms with Crippen LogP contribution in [0.2, 0.25) is 0 Å². The van der Waals surface area contributed by atoms with Crippen LogP contribution in [-0.2, 0) is 7.05 Å². The summed E-state index contributed by atoms with van der Waals surface area (Å²) in [6, 6.07) is 0.444. The van der Waals surface area contributed by atoms with Crippen molar-refractivity contribution < 1.29 is 0 Å². The maximum absolute atomic E-state index is 4.54. The number of rotatable bonds is 5. The Labute approximate surface area is 105 Å². The first-order valence-electron chi connectivity index (χ1n) is 6.93. The van der Waals surface area contributed by atoms with Crippen LogP contribution >= 0.6 is 0 Å². The molecule has 3 atom stereocenters. The van der Waals surface area contributed by atoms with Gasteiger partial charge >= 0.3 is 0 Å². The molecule has 1 heterocycles. The zero-order chi connectivity index (χ0) is 12.3. The van der Waals surface area contributed by atoms with E-state index in [2.05, 4.69) is 35.8 Å². The summed E-state index contributed by atoms with van der Waals surface area (Å²) in [5, 5.41) is 3.69. The molecule has 1 saturated carbocycles. The SMILES string of the molecule is CCCNC(c1nccn1C)C1CCC(C)C1. The molecule has 0 bridgehead atoms. The molecule has 0 saturated heterocycles. The minimum atomic E-state index is 0.444. The Balaban J connectivity index is 2.10. The monoisotopic (exact) mass is 235 g/mol. The van der Waals surface area contributed by atoms with Gasteiger partial charge in [-0.05, 0) is 37.6 Å². The Morgan fingerprint density at radius 2 is 2.35 bits per heavy atom.